The molecule has 136 valence electrons. The molecule has 1 unspecified atom stereocenters. The molecular formula is C25H20N2O. The van der Waals surface area contributed by atoms with Gasteiger partial charge in [0.05, 0.1) is 11.8 Å². The van der Waals surface area contributed by atoms with Gasteiger partial charge in [-0.25, -0.2) is 5.01 Å². The lowest BCUT2D eigenvalue weighted by Crippen LogP contribution is -2.24. The van der Waals surface area contributed by atoms with Crippen molar-refractivity contribution in [3.63, 3.8) is 0 Å². The molecule has 0 spiro atoms. The van der Waals surface area contributed by atoms with E-state index in [1.54, 1.807) is 11.9 Å². The molecular weight excluding hydrogens is 344 g/mol. The van der Waals surface area contributed by atoms with E-state index in [2.05, 4.69) is 60.7 Å². The molecule has 0 fully saturated rings. The van der Waals surface area contributed by atoms with E-state index in [-0.39, 0.29) is 11.9 Å². The molecule has 28 heavy (non-hydrogen) atoms. The molecule has 4 aromatic rings. The maximum atomic E-state index is 12.3. The van der Waals surface area contributed by atoms with E-state index in [9.17, 15) is 4.79 Å². The van der Waals surface area contributed by atoms with Crippen molar-refractivity contribution in [3.8, 4) is 0 Å². The van der Waals surface area contributed by atoms with Crippen molar-refractivity contribution in [2.75, 3.05) is 0 Å². The largest absolute Gasteiger partial charge is 0.273 e. The monoisotopic (exact) mass is 364 g/mol. The first-order chi connectivity index (χ1) is 13.7. The van der Waals surface area contributed by atoms with Gasteiger partial charge in [-0.05, 0) is 44.8 Å². The van der Waals surface area contributed by atoms with Crippen molar-refractivity contribution in [2.24, 2.45) is 5.10 Å². The number of hydrazone groups is 1. The van der Waals surface area contributed by atoms with Crippen LogP contribution in [-0.4, -0.2) is 16.6 Å². The lowest BCUT2D eigenvalue weighted by atomic mass is 9.95. The summed E-state index contributed by atoms with van der Waals surface area (Å²) in [6.45, 7) is 1.58. The summed E-state index contributed by atoms with van der Waals surface area (Å²) in [4.78, 5) is 12.3. The van der Waals surface area contributed by atoms with E-state index < -0.39 is 0 Å². The van der Waals surface area contributed by atoms with Crippen molar-refractivity contribution >= 4 is 33.2 Å². The predicted molar refractivity (Wildman–Crippen MR) is 114 cm³/mol. The van der Waals surface area contributed by atoms with Crippen LogP contribution in [0.1, 0.15) is 30.5 Å². The number of benzene rings is 4. The Balaban J connectivity index is 1.54. The highest BCUT2D eigenvalue weighted by Gasteiger charge is 2.31. The molecule has 1 aliphatic rings. The zero-order valence-electron chi connectivity index (χ0n) is 15.7. The molecule has 1 atom stereocenters. The normalized spacial score (nSPS) is 16.5. The standard InChI is InChI=1S/C25H20N2O/c1-17(28)27-25(23-13-11-19-7-3-5-9-21(19)15-23)16-24(26-27)22-12-10-18-6-2-4-8-20(18)14-22/h2-15,25H,16H2,1H3. The van der Waals surface area contributed by atoms with Crippen molar-refractivity contribution in [2.45, 2.75) is 19.4 Å². The topological polar surface area (TPSA) is 32.7 Å². The van der Waals surface area contributed by atoms with Crippen molar-refractivity contribution in [1.29, 1.82) is 0 Å². The van der Waals surface area contributed by atoms with Crippen LogP contribution in [-0.2, 0) is 4.79 Å². The second-order valence-electron chi connectivity index (χ2n) is 7.30. The Kier molecular flexibility index (Phi) is 3.94. The highest BCUT2D eigenvalue weighted by atomic mass is 16.2. The smallest absolute Gasteiger partial charge is 0.240 e. The van der Waals surface area contributed by atoms with Crippen LogP contribution in [0.5, 0.6) is 0 Å². The SMILES string of the molecule is CC(=O)N1N=C(c2ccc3ccccc3c2)CC1c1ccc2ccccc2c1. The number of carbonyl (C=O) groups is 1. The summed E-state index contributed by atoms with van der Waals surface area (Å²) in [6, 6.07) is 29.3. The quantitative estimate of drug-likeness (QED) is 0.450. The van der Waals surface area contributed by atoms with Gasteiger partial charge in [0, 0.05) is 13.3 Å². The fourth-order valence-corrected chi connectivity index (χ4v) is 4.02. The number of carbonyl (C=O) groups excluding carboxylic acids is 1. The molecule has 0 N–H and O–H groups in total. The number of amides is 1. The van der Waals surface area contributed by atoms with E-state index in [0.717, 1.165) is 23.3 Å². The van der Waals surface area contributed by atoms with Gasteiger partial charge in [-0.15, -0.1) is 0 Å². The third-order valence-electron chi connectivity index (χ3n) is 5.47. The number of hydrogen-bond donors (Lipinski definition) is 0. The zero-order valence-corrected chi connectivity index (χ0v) is 15.7. The summed E-state index contributed by atoms with van der Waals surface area (Å²) in [6.07, 6.45) is 0.719. The number of rotatable bonds is 2. The molecule has 0 saturated carbocycles. The summed E-state index contributed by atoms with van der Waals surface area (Å²) >= 11 is 0. The highest BCUT2D eigenvalue weighted by Crippen LogP contribution is 2.34. The fraction of sp³-hybridized carbons (Fsp3) is 0.120. The molecule has 0 saturated heterocycles. The van der Waals surface area contributed by atoms with Crippen molar-refractivity contribution < 1.29 is 4.79 Å². The molecule has 0 aliphatic carbocycles. The minimum Gasteiger partial charge on any atom is -0.273 e. The number of fused-ring (bicyclic) bond motifs is 2. The Morgan fingerprint density at radius 1 is 0.821 bits per heavy atom. The lowest BCUT2D eigenvalue weighted by Gasteiger charge is -2.20. The van der Waals surface area contributed by atoms with Gasteiger partial charge >= 0.3 is 0 Å². The van der Waals surface area contributed by atoms with Gasteiger partial charge in [-0.2, -0.15) is 5.10 Å². The van der Waals surface area contributed by atoms with Gasteiger partial charge < -0.3 is 0 Å². The van der Waals surface area contributed by atoms with Crippen LogP contribution in [0.15, 0.2) is 90.0 Å². The first-order valence-electron chi connectivity index (χ1n) is 9.54. The van der Waals surface area contributed by atoms with Crippen LogP contribution in [0.25, 0.3) is 21.5 Å². The Bertz CT molecular complexity index is 1240. The van der Waals surface area contributed by atoms with Crippen LogP contribution in [0.3, 0.4) is 0 Å². The molecule has 4 aromatic carbocycles. The van der Waals surface area contributed by atoms with Crippen LogP contribution >= 0.6 is 0 Å². The van der Waals surface area contributed by atoms with Crippen LogP contribution in [0.4, 0.5) is 0 Å². The summed E-state index contributed by atoms with van der Waals surface area (Å²) in [5, 5.41) is 11.1. The molecule has 1 amide bonds. The van der Waals surface area contributed by atoms with Crippen LogP contribution < -0.4 is 0 Å². The average molecular weight is 364 g/mol. The van der Waals surface area contributed by atoms with E-state index in [1.807, 2.05) is 24.3 Å². The third-order valence-corrected chi connectivity index (χ3v) is 5.47. The van der Waals surface area contributed by atoms with Crippen LogP contribution in [0.2, 0.25) is 0 Å². The Labute approximate surface area is 163 Å². The van der Waals surface area contributed by atoms with E-state index in [1.165, 1.54) is 21.5 Å². The third kappa shape index (κ3) is 2.85. The first-order valence-corrected chi connectivity index (χ1v) is 9.54. The average Bonchev–Trinajstić information content (AvgIpc) is 3.19. The molecule has 3 nitrogen and oxygen atoms in total. The van der Waals surface area contributed by atoms with Gasteiger partial charge in [0.2, 0.25) is 5.91 Å². The number of hydrogen-bond acceptors (Lipinski definition) is 2. The molecule has 0 bridgehead atoms. The summed E-state index contributed by atoms with van der Waals surface area (Å²) in [5.74, 6) is -0.0334. The van der Waals surface area contributed by atoms with Crippen molar-refractivity contribution in [1.82, 2.24) is 5.01 Å². The summed E-state index contributed by atoms with van der Waals surface area (Å²) < 4.78 is 0. The van der Waals surface area contributed by atoms with E-state index in [4.69, 9.17) is 5.10 Å². The van der Waals surface area contributed by atoms with Crippen LogP contribution in [0, 0.1) is 0 Å². The first kappa shape index (κ1) is 16.7. The Hall–Kier alpha value is -3.46. The van der Waals surface area contributed by atoms with Crippen molar-refractivity contribution in [3.05, 3.63) is 96.1 Å². The Morgan fingerprint density at radius 3 is 2.11 bits per heavy atom. The summed E-state index contributed by atoms with van der Waals surface area (Å²) in [7, 11) is 0. The second kappa shape index (κ2) is 6.61. The lowest BCUT2D eigenvalue weighted by molar-refractivity contribution is -0.130. The fourth-order valence-electron chi connectivity index (χ4n) is 4.02. The minimum absolute atomic E-state index is 0.0334. The van der Waals surface area contributed by atoms with E-state index >= 15 is 0 Å². The van der Waals surface area contributed by atoms with Gasteiger partial charge in [0.25, 0.3) is 0 Å². The van der Waals surface area contributed by atoms with Gasteiger partial charge in [-0.3, -0.25) is 4.79 Å². The van der Waals surface area contributed by atoms with Gasteiger partial charge in [-0.1, -0.05) is 72.8 Å². The maximum absolute atomic E-state index is 12.3. The molecule has 0 aromatic heterocycles. The molecule has 1 heterocycles. The highest BCUT2D eigenvalue weighted by molar-refractivity contribution is 6.05. The van der Waals surface area contributed by atoms with Gasteiger partial charge in [0.15, 0.2) is 0 Å². The predicted octanol–water partition coefficient (Wildman–Crippen LogP) is 5.69. The summed E-state index contributed by atoms with van der Waals surface area (Å²) in [5.41, 5.74) is 3.15. The maximum Gasteiger partial charge on any atom is 0.240 e. The van der Waals surface area contributed by atoms with Gasteiger partial charge in [0.1, 0.15) is 0 Å². The molecule has 3 heteroatoms. The Morgan fingerprint density at radius 2 is 1.43 bits per heavy atom. The molecule has 5 rings (SSSR count). The molecule has 1 aliphatic heterocycles. The second-order valence-corrected chi connectivity index (χ2v) is 7.30. The van der Waals surface area contributed by atoms with E-state index in [0.29, 0.717) is 0 Å². The minimum atomic E-state index is -0.0661. The zero-order chi connectivity index (χ0) is 19.1. The molecule has 0 radical (unpaired) electrons. The number of nitrogens with zero attached hydrogens (tertiary/aromatic N) is 2.